The Hall–Kier alpha value is 0.132. The number of anilines is 1. The molecule has 1 aromatic heterocycles. The summed E-state index contributed by atoms with van der Waals surface area (Å²) in [4.78, 5) is 24.3. The number of thioether (sulfide) groups is 1. The molecule has 10 heteroatoms. The minimum absolute atomic E-state index is 0.00227. The van der Waals surface area contributed by atoms with Crippen LogP contribution in [-0.4, -0.2) is 10.8 Å². The van der Waals surface area contributed by atoms with E-state index < -0.39 is 27.3 Å². The van der Waals surface area contributed by atoms with Gasteiger partial charge >= 0.3 is 44.0 Å². The van der Waals surface area contributed by atoms with Gasteiger partial charge in [-0.15, -0.1) is 4.91 Å². The zero-order valence-corrected chi connectivity index (χ0v) is 15.0. The van der Waals surface area contributed by atoms with Gasteiger partial charge in [-0.3, -0.25) is 0 Å². The van der Waals surface area contributed by atoms with E-state index in [0.717, 1.165) is 0 Å². The van der Waals surface area contributed by atoms with Crippen molar-refractivity contribution in [3.05, 3.63) is 15.3 Å². The van der Waals surface area contributed by atoms with Gasteiger partial charge in [0.15, 0.2) is 0 Å². The number of nitrogens with zero attached hydrogens (tertiary/aromatic N) is 2. The first-order chi connectivity index (χ1) is 7.53. The average molecular weight is 385 g/mol. The van der Waals surface area contributed by atoms with E-state index in [0.29, 0.717) is 5.16 Å². The van der Waals surface area contributed by atoms with E-state index in [9.17, 15) is 9.70 Å². The Bertz CT molecular complexity index is 428. The number of hydrogen-bond donors (Lipinski definition) is 1. The summed E-state index contributed by atoms with van der Waals surface area (Å²) in [7, 11) is 11.5. The Morgan fingerprint density at radius 3 is 2.44 bits per heavy atom. The SMILES string of the molecule is CSc1[nH+]c(N)c(N=O)c(=O)n1C.[Cl][Cd][Cl]. The quantitative estimate of drug-likeness (QED) is 0.360. The molecule has 16 heavy (non-hydrogen) atoms. The van der Waals surface area contributed by atoms with Gasteiger partial charge in [-0.1, -0.05) is 11.8 Å². The van der Waals surface area contributed by atoms with Crippen LogP contribution < -0.4 is 16.3 Å². The second kappa shape index (κ2) is 8.26. The van der Waals surface area contributed by atoms with Crippen molar-refractivity contribution in [3.8, 4) is 0 Å². The van der Waals surface area contributed by atoms with Crippen molar-refractivity contribution in [2.24, 2.45) is 12.2 Å². The zero-order valence-electron chi connectivity index (χ0n) is 8.66. The van der Waals surface area contributed by atoms with Gasteiger partial charge in [-0.05, 0) is 11.4 Å². The second-order valence-corrected chi connectivity index (χ2v) is 9.25. The third-order valence-corrected chi connectivity index (χ3v) is 2.36. The van der Waals surface area contributed by atoms with Gasteiger partial charge in [-0.25, -0.2) is 14.3 Å². The first-order valence-electron chi connectivity index (χ1n) is 3.94. The third-order valence-electron chi connectivity index (χ3n) is 1.59. The molecule has 6 nitrogen and oxygen atoms in total. The molecule has 0 fully saturated rings. The molecule has 0 aliphatic carbocycles. The number of halogens is 2. The molecule has 0 unspecified atom stereocenters. The van der Waals surface area contributed by atoms with Crippen LogP contribution >= 0.6 is 28.4 Å². The van der Waals surface area contributed by atoms with Crippen molar-refractivity contribution in [2.75, 3.05) is 12.0 Å². The summed E-state index contributed by atoms with van der Waals surface area (Å²) in [6.45, 7) is 0. The van der Waals surface area contributed by atoms with Crippen LogP contribution in [0.4, 0.5) is 11.5 Å². The fourth-order valence-corrected chi connectivity index (χ4v) is 1.47. The Labute approximate surface area is 115 Å². The summed E-state index contributed by atoms with van der Waals surface area (Å²) in [6, 6.07) is 0. The molecular formula is C6H9CdCl2N4O2S+. The molecule has 3 N–H and O–H groups in total. The van der Waals surface area contributed by atoms with Crippen LogP contribution in [-0.2, 0) is 28.8 Å². The van der Waals surface area contributed by atoms with Gasteiger partial charge < -0.3 is 5.73 Å². The van der Waals surface area contributed by atoms with E-state index in [4.69, 9.17) is 22.4 Å². The van der Waals surface area contributed by atoms with E-state index >= 15 is 0 Å². The van der Waals surface area contributed by atoms with E-state index in [-0.39, 0.29) is 11.5 Å². The summed E-state index contributed by atoms with van der Waals surface area (Å²) in [6.07, 6.45) is 1.79. The molecule has 1 rings (SSSR count). The van der Waals surface area contributed by atoms with Crippen molar-refractivity contribution in [1.82, 2.24) is 4.57 Å². The fourth-order valence-electron chi connectivity index (χ4n) is 0.901. The predicted molar refractivity (Wildman–Crippen MR) is 61.6 cm³/mol. The van der Waals surface area contributed by atoms with Crippen molar-refractivity contribution in [1.29, 1.82) is 0 Å². The van der Waals surface area contributed by atoms with Gasteiger partial charge in [0.25, 0.3) is 16.7 Å². The Morgan fingerprint density at radius 1 is 1.56 bits per heavy atom. The van der Waals surface area contributed by atoms with E-state index in [1.807, 2.05) is 0 Å². The molecular weight excluding hydrogens is 375 g/mol. The predicted octanol–water partition coefficient (Wildman–Crippen LogP) is 1.28. The summed E-state index contributed by atoms with van der Waals surface area (Å²) in [5.74, 6) is 0.00227. The van der Waals surface area contributed by atoms with Gasteiger partial charge in [0, 0.05) is 0 Å². The number of aromatic amines is 1. The van der Waals surface area contributed by atoms with Crippen LogP contribution in [0.15, 0.2) is 15.1 Å². The van der Waals surface area contributed by atoms with Crippen LogP contribution in [0.25, 0.3) is 0 Å². The average Bonchev–Trinajstić information content (AvgIpc) is 2.25. The van der Waals surface area contributed by atoms with Crippen molar-refractivity contribution in [2.45, 2.75) is 5.16 Å². The maximum absolute atomic E-state index is 11.4. The zero-order chi connectivity index (χ0) is 12.7. The molecule has 0 saturated carbocycles. The molecule has 1 heterocycles. The molecule has 0 atom stereocenters. The number of nitroso groups, excluding NO2 is 1. The van der Waals surface area contributed by atoms with Crippen LogP contribution in [0, 0.1) is 4.91 Å². The molecule has 0 aliphatic rings. The molecule has 0 saturated heterocycles. The molecule has 0 aromatic carbocycles. The van der Waals surface area contributed by atoms with E-state index in [2.05, 4.69) is 10.2 Å². The van der Waals surface area contributed by atoms with Gasteiger partial charge in [0.2, 0.25) is 0 Å². The summed E-state index contributed by atoms with van der Waals surface area (Å²) in [5.41, 5.74) is 4.63. The summed E-state index contributed by atoms with van der Waals surface area (Å²) < 4.78 is 1.29. The molecule has 0 aliphatic heterocycles. The fraction of sp³-hybridized carbons (Fsp3) is 0.333. The maximum atomic E-state index is 11.4. The second-order valence-electron chi connectivity index (χ2n) is 2.45. The summed E-state index contributed by atoms with van der Waals surface area (Å²) >= 11 is 0.261. The van der Waals surface area contributed by atoms with Gasteiger partial charge in [0.1, 0.15) is 0 Å². The van der Waals surface area contributed by atoms with Crippen molar-refractivity contribution >= 4 is 39.9 Å². The van der Waals surface area contributed by atoms with Crippen molar-refractivity contribution < 1.29 is 26.8 Å². The molecule has 0 spiro atoms. The topological polar surface area (TPSA) is 91.6 Å². The van der Waals surface area contributed by atoms with Crippen LogP contribution in [0.3, 0.4) is 0 Å². The molecule has 0 bridgehead atoms. The van der Waals surface area contributed by atoms with Crippen LogP contribution in [0.1, 0.15) is 0 Å². The standard InChI is InChI=1S/C6H8N4O2S.Cd.2ClH/c1-10-5(11)3(9-12)4(7)8-6(10)13-2;;;/h7H2,1-2H3;;2*1H/q;+2;;/p-1. The van der Waals surface area contributed by atoms with E-state index in [1.54, 1.807) is 13.3 Å². The van der Waals surface area contributed by atoms with Crippen molar-refractivity contribution in [3.63, 3.8) is 0 Å². The number of hydrogen-bond acceptors (Lipinski definition) is 5. The first kappa shape index (κ1) is 16.1. The monoisotopic (exact) mass is 385 g/mol. The van der Waals surface area contributed by atoms with Gasteiger partial charge in [-0.2, -0.15) is 0 Å². The first-order valence-corrected chi connectivity index (χ1v) is 15.4. The number of nitrogen functional groups attached to an aromatic ring is 1. The number of nitrogens with one attached hydrogen (secondary N) is 1. The molecule has 0 radical (unpaired) electrons. The number of H-pyrrole nitrogens is 1. The Kier molecular flexibility index (Phi) is 8.32. The van der Waals surface area contributed by atoms with Gasteiger partial charge in [0.05, 0.1) is 7.05 Å². The third kappa shape index (κ3) is 4.18. The number of aromatic nitrogens is 2. The number of nitrogens with two attached hydrogens (primary N) is 1. The van der Waals surface area contributed by atoms with E-state index in [1.165, 1.54) is 16.3 Å². The summed E-state index contributed by atoms with van der Waals surface area (Å²) in [5, 5.41) is 3.14. The Morgan fingerprint density at radius 2 is 2.06 bits per heavy atom. The molecule has 1 aromatic rings. The minimum atomic E-state index is -1.07. The number of rotatable bonds is 2. The normalized spacial score (nSPS) is 8.75. The molecule has 86 valence electrons. The van der Waals surface area contributed by atoms with Crippen LogP contribution in [0.2, 0.25) is 0 Å². The van der Waals surface area contributed by atoms with Crippen LogP contribution in [0.5, 0.6) is 0 Å². The molecule has 0 amide bonds. The Balaban J connectivity index is 0.000000673.